The normalized spacial score (nSPS) is 12.7. The molecular weight excluding hydrogens is 289 g/mol. The third-order valence-electron chi connectivity index (χ3n) is 2.40. The lowest BCUT2D eigenvalue weighted by Gasteiger charge is -2.13. The first-order chi connectivity index (χ1) is 9.19. The summed E-state index contributed by atoms with van der Waals surface area (Å²) >= 11 is 0. The molecule has 1 aromatic rings. The third kappa shape index (κ3) is 5.35. The van der Waals surface area contributed by atoms with E-state index in [0.29, 0.717) is 5.56 Å². The Labute approximate surface area is 115 Å². The number of sulfone groups is 1. The average Bonchev–Trinajstić information content (AvgIpc) is 2.30. The molecule has 0 saturated heterocycles. The summed E-state index contributed by atoms with van der Waals surface area (Å²) in [5, 5.41) is 10.9. The highest BCUT2D eigenvalue weighted by Gasteiger charge is 2.26. The highest BCUT2D eigenvalue weighted by molar-refractivity contribution is 7.90. The highest BCUT2D eigenvalue weighted by atomic mass is 32.2. The number of carbonyl (C=O) groups excluding carboxylic acids is 1. The van der Waals surface area contributed by atoms with Crippen molar-refractivity contribution in [2.45, 2.75) is 18.7 Å². The zero-order valence-electron chi connectivity index (χ0n) is 10.7. The molecule has 0 spiro atoms. The van der Waals surface area contributed by atoms with Gasteiger partial charge < -0.3 is 10.4 Å². The fourth-order valence-electron chi connectivity index (χ4n) is 1.57. The van der Waals surface area contributed by atoms with Crippen LogP contribution in [-0.2, 0) is 25.2 Å². The van der Waals surface area contributed by atoms with Crippen molar-refractivity contribution in [1.82, 2.24) is 5.32 Å². The van der Waals surface area contributed by atoms with E-state index < -0.39 is 45.1 Å². The van der Waals surface area contributed by atoms with Gasteiger partial charge in [0.1, 0.15) is 11.9 Å². The SMILES string of the molecule is CC(=O)NC(CS(=O)(=O)Cc1ccc(F)cc1)C(=O)O. The molecule has 0 fully saturated rings. The molecule has 0 heterocycles. The number of halogens is 1. The molecule has 1 unspecified atom stereocenters. The molecule has 0 aliphatic heterocycles. The van der Waals surface area contributed by atoms with Crippen molar-refractivity contribution in [2.75, 3.05) is 5.75 Å². The van der Waals surface area contributed by atoms with E-state index in [1.807, 2.05) is 0 Å². The lowest BCUT2D eigenvalue weighted by atomic mass is 10.2. The number of nitrogens with one attached hydrogen (secondary N) is 1. The van der Waals surface area contributed by atoms with Gasteiger partial charge in [-0.1, -0.05) is 12.1 Å². The van der Waals surface area contributed by atoms with Crippen molar-refractivity contribution in [2.24, 2.45) is 0 Å². The van der Waals surface area contributed by atoms with E-state index in [4.69, 9.17) is 5.11 Å². The Morgan fingerprint density at radius 1 is 1.30 bits per heavy atom. The van der Waals surface area contributed by atoms with Gasteiger partial charge in [0, 0.05) is 6.92 Å². The summed E-state index contributed by atoms with van der Waals surface area (Å²) < 4.78 is 36.5. The number of aliphatic carboxylic acids is 1. The summed E-state index contributed by atoms with van der Waals surface area (Å²) in [5.74, 6) is -3.69. The van der Waals surface area contributed by atoms with E-state index >= 15 is 0 Å². The molecule has 1 atom stereocenters. The molecular formula is C12H14FNO5S. The third-order valence-corrected chi connectivity index (χ3v) is 4.01. The van der Waals surface area contributed by atoms with Crippen molar-refractivity contribution in [1.29, 1.82) is 0 Å². The van der Waals surface area contributed by atoms with Gasteiger partial charge in [0.25, 0.3) is 0 Å². The van der Waals surface area contributed by atoms with Crippen molar-refractivity contribution >= 4 is 21.7 Å². The monoisotopic (exact) mass is 303 g/mol. The number of amides is 1. The van der Waals surface area contributed by atoms with Gasteiger partial charge in [0.2, 0.25) is 5.91 Å². The molecule has 2 N–H and O–H groups in total. The van der Waals surface area contributed by atoms with Crippen LogP contribution >= 0.6 is 0 Å². The van der Waals surface area contributed by atoms with Gasteiger partial charge in [-0.25, -0.2) is 17.6 Å². The number of hydrogen-bond donors (Lipinski definition) is 2. The Morgan fingerprint density at radius 2 is 1.85 bits per heavy atom. The van der Waals surface area contributed by atoms with Crippen molar-refractivity contribution < 1.29 is 27.5 Å². The molecule has 1 amide bonds. The van der Waals surface area contributed by atoms with Crippen molar-refractivity contribution in [3.05, 3.63) is 35.6 Å². The van der Waals surface area contributed by atoms with E-state index in [1.165, 1.54) is 12.1 Å². The Balaban J connectivity index is 2.79. The molecule has 8 heteroatoms. The first-order valence-electron chi connectivity index (χ1n) is 5.64. The molecule has 0 saturated carbocycles. The van der Waals surface area contributed by atoms with Gasteiger partial charge in [-0.3, -0.25) is 4.79 Å². The van der Waals surface area contributed by atoms with Gasteiger partial charge in [0.05, 0.1) is 11.5 Å². The van der Waals surface area contributed by atoms with Gasteiger partial charge in [0.15, 0.2) is 9.84 Å². The van der Waals surface area contributed by atoms with E-state index in [0.717, 1.165) is 19.1 Å². The van der Waals surface area contributed by atoms with Crippen molar-refractivity contribution in [3.8, 4) is 0 Å². The zero-order valence-corrected chi connectivity index (χ0v) is 11.5. The summed E-state index contributed by atoms with van der Waals surface area (Å²) in [4.78, 5) is 21.7. The van der Waals surface area contributed by atoms with Crippen LogP contribution in [0.2, 0.25) is 0 Å². The smallest absolute Gasteiger partial charge is 0.327 e. The fourth-order valence-corrected chi connectivity index (χ4v) is 3.12. The standard InChI is InChI=1S/C12H14FNO5S/c1-8(15)14-11(12(16)17)7-20(18,19)6-9-2-4-10(13)5-3-9/h2-5,11H,6-7H2,1H3,(H,14,15)(H,16,17). The molecule has 0 aliphatic carbocycles. The van der Waals surface area contributed by atoms with Gasteiger partial charge in [-0.2, -0.15) is 0 Å². The Hall–Kier alpha value is -1.96. The molecule has 0 bridgehead atoms. The number of carboxylic acid groups (broad SMARTS) is 1. The van der Waals surface area contributed by atoms with E-state index in [-0.39, 0.29) is 0 Å². The average molecular weight is 303 g/mol. The van der Waals surface area contributed by atoms with Crippen LogP contribution in [0.3, 0.4) is 0 Å². The van der Waals surface area contributed by atoms with Gasteiger partial charge in [-0.15, -0.1) is 0 Å². The number of hydrogen-bond acceptors (Lipinski definition) is 4. The molecule has 6 nitrogen and oxygen atoms in total. The Morgan fingerprint density at radius 3 is 2.30 bits per heavy atom. The Kier molecular flexibility index (Phi) is 5.20. The second-order valence-electron chi connectivity index (χ2n) is 4.27. The van der Waals surface area contributed by atoms with E-state index in [1.54, 1.807) is 0 Å². The summed E-state index contributed by atoms with van der Waals surface area (Å²) in [6.07, 6.45) is 0. The fraction of sp³-hybridized carbons (Fsp3) is 0.333. The van der Waals surface area contributed by atoms with Crippen LogP contribution in [0.4, 0.5) is 4.39 Å². The quantitative estimate of drug-likeness (QED) is 0.788. The topological polar surface area (TPSA) is 101 Å². The summed E-state index contributed by atoms with van der Waals surface area (Å²) in [6, 6.07) is 3.35. The number of carboxylic acids is 1. The largest absolute Gasteiger partial charge is 0.480 e. The number of carbonyl (C=O) groups is 2. The van der Waals surface area contributed by atoms with Crippen LogP contribution in [-0.4, -0.2) is 37.2 Å². The summed E-state index contributed by atoms with van der Waals surface area (Å²) in [6.45, 7) is 1.10. The Bertz CT molecular complexity index is 597. The van der Waals surface area contributed by atoms with Crippen LogP contribution in [0.15, 0.2) is 24.3 Å². The molecule has 1 rings (SSSR count). The lowest BCUT2D eigenvalue weighted by Crippen LogP contribution is -2.44. The maximum Gasteiger partial charge on any atom is 0.327 e. The molecule has 1 aromatic carbocycles. The van der Waals surface area contributed by atoms with Gasteiger partial charge >= 0.3 is 5.97 Å². The number of rotatable bonds is 6. The predicted molar refractivity (Wildman–Crippen MR) is 69.1 cm³/mol. The molecule has 110 valence electrons. The zero-order chi connectivity index (χ0) is 15.3. The molecule has 0 radical (unpaired) electrons. The van der Waals surface area contributed by atoms with Crippen LogP contribution in [0.5, 0.6) is 0 Å². The maximum atomic E-state index is 12.7. The van der Waals surface area contributed by atoms with Crippen molar-refractivity contribution in [3.63, 3.8) is 0 Å². The molecule has 0 aliphatic rings. The van der Waals surface area contributed by atoms with Gasteiger partial charge in [-0.05, 0) is 17.7 Å². The van der Waals surface area contributed by atoms with Crippen LogP contribution in [0, 0.1) is 5.82 Å². The van der Waals surface area contributed by atoms with E-state index in [2.05, 4.69) is 5.32 Å². The second-order valence-corrected chi connectivity index (χ2v) is 6.38. The predicted octanol–water partition coefficient (Wildman–Crippen LogP) is 0.330. The van der Waals surface area contributed by atoms with E-state index in [9.17, 15) is 22.4 Å². The van der Waals surface area contributed by atoms with Crippen LogP contribution < -0.4 is 5.32 Å². The minimum atomic E-state index is -3.76. The summed E-state index contributed by atoms with van der Waals surface area (Å²) in [5.41, 5.74) is 0.346. The summed E-state index contributed by atoms with van der Waals surface area (Å²) in [7, 11) is -3.76. The minimum Gasteiger partial charge on any atom is -0.480 e. The first-order valence-corrected chi connectivity index (χ1v) is 7.46. The van der Waals surface area contributed by atoms with Crippen LogP contribution in [0.1, 0.15) is 12.5 Å². The van der Waals surface area contributed by atoms with Crippen LogP contribution in [0.25, 0.3) is 0 Å². The molecule has 0 aromatic heterocycles. The minimum absolute atomic E-state index is 0.346. The highest BCUT2D eigenvalue weighted by Crippen LogP contribution is 2.09. The first kappa shape index (κ1) is 16.1. The number of benzene rings is 1. The second kappa shape index (κ2) is 6.47. The lowest BCUT2D eigenvalue weighted by molar-refractivity contribution is -0.140. The maximum absolute atomic E-state index is 12.7. The molecule has 20 heavy (non-hydrogen) atoms.